The highest BCUT2D eigenvalue weighted by molar-refractivity contribution is 8.00. The summed E-state index contributed by atoms with van der Waals surface area (Å²) in [5.41, 5.74) is 3.45. The molecule has 0 saturated carbocycles. The molecule has 0 aromatic carbocycles. The molecule has 3 rings (SSSR count). The maximum absolute atomic E-state index is 12.7. The predicted molar refractivity (Wildman–Crippen MR) is 120 cm³/mol. The van der Waals surface area contributed by atoms with E-state index in [4.69, 9.17) is 15.2 Å². The average molecular weight is 497 g/mol. The third-order valence-corrected chi connectivity index (χ3v) is 7.37. The van der Waals surface area contributed by atoms with Gasteiger partial charge in [0.2, 0.25) is 12.7 Å². The number of nitrogens with two attached hydrogens (primary N) is 1. The third-order valence-electron chi connectivity index (χ3n) is 5.14. The average Bonchev–Trinajstić information content (AvgIpc) is 3.21. The summed E-state index contributed by atoms with van der Waals surface area (Å²) in [7, 11) is 0. The topological polar surface area (TPSA) is 158 Å². The summed E-state index contributed by atoms with van der Waals surface area (Å²) >= 11 is 2.27. The van der Waals surface area contributed by atoms with E-state index in [-0.39, 0.29) is 23.1 Å². The Morgan fingerprint density at radius 2 is 2.06 bits per heavy atom. The lowest BCUT2D eigenvalue weighted by molar-refractivity contribution is -0.178. The number of hydrogen-bond acceptors (Lipinski definition) is 11. The van der Waals surface area contributed by atoms with Crippen molar-refractivity contribution in [1.82, 2.24) is 15.2 Å². The molecule has 1 aromatic rings. The first-order valence-electron chi connectivity index (χ1n) is 9.86. The fraction of sp³-hybridized carbons (Fsp3) is 0.500. The van der Waals surface area contributed by atoms with Crippen LogP contribution in [0, 0.1) is 10.8 Å². The van der Waals surface area contributed by atoms with Crippen LogP contribution in [0.2, 0.25) is 0 Å². The van der Waals surface area contributed by atoms with Gasteiger partial charge in [0.1, 0.15) is 22.5 Å². The van der Waals surface area contributed by atoms with Crippen LogP contribution in [0.3, 0.4) is 0 Å². The molecule has 2 saturated heterocycles. The number of nitrogen functional groups attached to an aromatic ring is 1. The summed E-state index contributed by atoms with van der Waals surface area (Å²) < 4.78 is 10.1. The van der Waals surface area contributed by atoms with Gasteiger partial charge in [0.25, 0.3) is 11.7 Å². The van der Waals surface area contributed by atoms with Gasteiger partial charge in [0, 0.05) is 17.7 Å². The number of hydrogen-bond donors (Lipinski definition) is 2. The van der Waals surface area contributed by atoms with Gasteiger partial charge in [-0.15, -0.1) is 29.7 Å². The number of amides is 2. The van der Waals surface area contributed by atoms with Crippen molar-refractivity contribution in [2.75, 3.05) is 24.8 Å². The SMILES string of the molecule is C=CC1(C(=O)OCOC(=O)C(C)(C)C)CS[C@@H]2C(NC(=O)C(=O)c3csc(N)n3)C(=O)N2C1. The van der Waals surface area contributed by atoms with E-state index in [1.54, 1.807) is 20.8 Å². The number of esters is 2. The first-order chi connectivity index (χ1) is 15.4. The van der Waals surface area contributed by atoms with Gasteiger partial charge in [-0.2, -0.15) is 0 Å². The molecule has 0 aliphatic carbocycles. The van der Waals surface area contributed by atoms with E-state index in [1.165, 1.54) is 28.1 Å². The maximum Gasteiger partial charge on any atom is 0.321 e. The van der Waals surface area contributed by atoms with E-state index in [0.717, 1.165) is 11.3 Å². The molecule has 33 heavy (non-hydrogen) atoms. The summed E-state index contributed by atoms with van der Waals surface area (Å²) in [5, 5.41) is 3.50. The summed E-state index contributed by atoms with van der Waals surface area (Å²) in [4.78, 5) is 66.8. The zero-order valence-electron chi connectivity index (χ0n) is 18.3. The number of nitrogens with zero attached hydrogens (tertiary/aromatic N) is 2. The predicted octanol–water partition coefficient (Wildman–Crippen LogP) is 0.570. The Labute approximate surface area is 198 Å². The van der Waals surface area contributed by atoms with Crippen molar-refractivity contribution in [3.63, 3.8) is 0 Å². The largest absolute Gasteiger partial charge is 0.427 e. The monoisotopic (exact) mass is 496 g/mol. The van der Waals surface area contributed by atoms with Gasteiger partial charge < -0.3 is 25.4 Å². The lowest BCUT2D eigenvalue weighted by Crippen LogP contribution is -2.73. The van der Waals surface area contributed by atoms with Gasteiger partial charge >= 0.3 is 11.9 Å². The number of aromatic nitrogens is 1. The second-order valence-corrected chi connectivity index (χ2v) is 10.6. The third kappa shape index (κ3) is 4.88. The van der Waals surface area contributed by atoms with Crippen LogP contribution in [0.15, 0.2) is 18.0 Å². The zero-order valence-corrected chi connectivity index (χ0v) is 19.9. The van der Waals surface area contributed by atoms with Crippen LogP contribution in [0.1, 0.15) is 31.3 Å². The van der Waals surface area contributed by atoms with Crippen LogP contribution in [-0.4, -0.2) is 69.9 Å². The molecule has 0 radical (unpaired) electrons. The first kappa shape index (κ1) is 24.7. The van der Waals surface area contributed by atoms with E-state index in [0.29, 0.717) is 0 Å². The van der Waals surface area contributed by atoms with Crippen molar-refractivity contribution < 1.29 is 33.4 Å². The number of carbonyl (C=O) groups excluding carboxylic acids is 5. The van der Waals surface area contributed by atoms with Gasteiger partial charge in [0.05, 0.1) is 5.41 Å². The highest BCUT2D eigenvalue weighted by Crippen LogP contribution is 2.43. The smallest absolute Gasteiger partial charge is 0.321 e. The van der Waals surface area contributed by atoms with E-state index in [1.807, 2.05) is 0 Å². The van der Waals surface area contributed by atoms with Crippen LogP contribution in [0.25, 0.3) is 0 Å². The van der Waals surface area contributed by atoms with Gasteiger partial charge in [-0.3, -0.25) is 24.0 Å². The molecule has 3 atom stereocenters. The van der Waals surface area contributed by atoms with Crippen molar-refractivity contribution in [2.45, 2.75) is 32.2 Å². The van der Waals surface area contributed by atoms with Gasteiger partial charge in [-0.25, -0.2) is 4.98 Å². The quantitative estimate of drug-likeness (QED) is 0.136. The number of carbonyl (C=O) groups is 5. The van der Waals surface area contributed by atoms with Crippen LogP contribution in [-0.2, 0) is 28.7 Å². The minimum absolute atomic E-state index is 0.0119. The Bertz CT molecular complexity index is 1020. The van der Waals surface area contributed by atoms with Crippen LogP contribution >= 0.6 is 23.1 Å². The molecule has 0 spiro atoms. The molecule has 2 aliphatic heterocycles. The van der Waals surface area contributed by atoms with Crippen LogP contribution < -0.4 is 11.1 Å². The van der Waals surface area contributed by atoms with E-state index < -0.39 is 58.6 Å². The number of thioether (sulfide) groups is 1. The van der Waals surface area contributed by atoms with Crippen molar-refractivity contribution >= 4 is 57.8 Å². The molecular formula is C20H24N4O7S2. The second kappa shape index (κ2) is 9.14. The summed E-state index contributed by atoms with van der Waals surface area (Å²) in [5.74, 6) is -3.26. The highest BCUT2D eigenvalue weighted by Gasteiger charge is 2.57. The standard InChI is InChI=1S/C20H24N4O7S2/c1-5-20(17(29)31-9-30-16(28)19(2,3)4)7-24-14(27)11(15(24)33-8-20)23-13(26)12(25)10-6-32-18(21)22-10/h5-6,11,15H,1,7-9H2,2-4H3,(H2,21,22)(H,23,26)/t11?,15-,20?/m1/s1. The lowest BCUT2D eigenvalue weighted by atomic mass is 9.87. The summed E-state index contributed by atoms with van der Waals surface area (Å²) in [6.07, 6.45) is 1.40. The number of anilines is 1. The number of nitrogens with one attached hydrogen (secondary N) is 1. The minimum atomic E-state index is -1.20. The molecule has 0 bridgehead atoms. The number of thiazole rings is 1. The van der Waals surface area contributed by atoms with Crippen molar-refractivity contribution in [3.05, 3.63) is 23.7 Å². The van der Waals surface area contributed by atoms with Crippen LogP contribution in [0.5, 0.6) is 0 Å². The van der Waals surface area contributed by atoms with E-state index >= 15 is 0 Å². The van der Waals surface area contributed by atoms with Crippen molar-refractivity contribution in [3.8, 4) is 0 Å². The second-order valence-electron chi connectivity index (χ2n) is 8.61. The Morgan fingerprint density at radius 3 is 2.64 bits per heavy atom. The summed E-state index contributed by atoms with van der Waals surface area (Å²) in [6, 6.07) is -0.908. The van der Waals surface area contributed by atoms with E-state index in [2.05, 4.69) is 16.9 Å². The number of fused-ring (bicyclic) bond motifs is 1. The Balaban J connectivity index is 1.57. The molecule has 11 nitrogen and oxygen atoms in total. The van der Waals surface area contributed by atoms with Crippen molar-refractivity contribution in [1.29, 1.82) is 0 Å². The Morgan fingerprint density at radius 1 is 1.36 bits per heavy atom. The number of ketones is 1. The van der Waals surface area contributed by atoms with Gasteiger partial charge in [0.15, 0.2) is 5.13 Å². The maximum atomic E-state index is 12.7. The Kier molecular flexibility index (Phi) is 6.84. The Hall–Kier alpha value is -2.93. The molecule has 2 fully saturated rings. The number of Topliss-reactive ketones (excluding diaryl/α,β-unsaturated/α-hetero) is 1. The molecule has 3 N–H and O–H groups in total. The number of ether oxygens (including phenoxy) is 2. The summed E-state index contributed by atoms with van der Waals surface area (Å²) in [6.45, 7) is 8.16. The fourth-order valence-electron chi connectivity index (χ4n) is 3.14. The molecule has 1 aromatic heterocycles. The first-order valence-corrected chi connectivity index (χ1v) is 11.8. The highest BCUT2D eigenvalue weighted by atomic mass is 32.2. The zero-order chi connectivity index (χ0) is 24.6. The van der Waals surface area contributed by atoms with Gasteiger partial charge in [-0.05, 0) is 20.8 Å². The van der Waals surface area contributed by atoms with Crippen molar-refractivity contribution in [2.24, 2.45) is 10.8 Å². The molecule has 178 valence electrons. The number of rotatable bonds is 7. The minimum Gasteiger partial charge on any atom is -0.427 e. The molecule has 2 unspecified atom stereocenters. The molecule has 3 heterocycles. The lowest BCUT2D eigenvalue weighted by Gasteiger charge is -2.53. The van der Waals surface area contributed by atoms with Crippen LogP contribution in [0.4, 0.5) is 5.13 Å². The fourth-order valence-corrected chi connectivity index (χ4v) is 5.21. The number of β-lactam (4-membered cyclic amide) rings is 1. The molecule has 13 heteroatoms. The molecule has 2 amide bonds. The molecular weight excluding hydrogens is 472 g/mol. The molecule has 2 aliphatic rings. The van der Waals surface area contributed by atoms with Gasteiger partial charge in [-0.1, -0.05) is 6.08 Å². The van der Waals surface area contributed by atoms with E-state index in [9.17, 15) is 24.0 Å². The normalized spacial score (nSPS) is 24.2.